The zero-order valence-electron chi connectivity index (χ0n) is 16.3. The fraction of sp³-hybridized carbons (Fsp3) is 0.947. The van der Waals surface area contributed by atoms with Crippen LogP contribution in [0.25, 0.3) is 0 Å². The van der Waals surface area contributed by atoms with Crippen molar-refractivity contribution in [3.8, 4) is 0 Å². The summed E-state index contributed by atoms with van der Waals surface area (Å²) in [5.41, 5.74) is 0. The van der Waals surface area contributed by atoms with Gasteiger partial charge in [0.25, 0.3) is 0 Å². The maximum atomic E-state index is 12.4. The second-order valence-electron chi connectivity index (χ2n) is 7.81. The van der Waals surface area contributed by atoms with E-state index in [4.69, 9.17) is 19.6 Å². The number of hydrogen-bond donors (Lipinski definition) is 1. The molecule has 3 aliphatic rings. The zero-order chi connectivity index (χ0) is 18.5. The largest absolute Gasteiger partial charge is 0.355 e. The third-order valence-electron chi connectivity index (χ3n) is 6.05. The van der Waals surface area contributed by atoms with Crippen LogP contribution in [0.5, 0.6) is 0 Å². The van der Waals surface area contributed by atoms with Crippen LogP contribution < -0.4 is 5.32 Å². The number of amides is 1. The van der Waals surface area contributed by atoms with Crippen molar-refractivity contribution < 1.29 is 24.3 Å². The Hall–Kier alpha value is -0.730. The highest BCUT2D eigenvalue weighted by atomic mass is 17.4. The maximum absolute atomic E-state index is 12.4. The lowest BCUT2D eigenvalue weighted by molar-refractivity contribution is -0.662. The van der Waals surface area contributed by atoms with Crippen LogP contribution in [-0.2, 0) is 24.3 Å². The summed E-state index contributed by atoms with van der Waals surface area (Å²) >= 11 is 0. The molecule has 0 bridgehead atoms. The lowest BCUT2D eigenvalue weighted by Crippen LogP contribution is -2.53. The highest BCUT2D eigenvalue weighted by Gasteiger charge is 2.51. The van der Waals surface area contributed by atoms with Crippen LogP contribution in [-0.4, -0.2) is 48.6 Å². The predicted molar refractivity (Wildman–Crippen MR) is 95.6 cm³/mol. The molecule has 1 amide bonds. The van der Waals surface area contributed by atoms with Gasteiger partial charge in [-0.3, -0.25) is 4.79 Å². The first-order chi connectivity index (χ1) is 12.6. The summed E-state index contributed by atoms with van der Waals surface area (Å²) in [6.07, 6.45) is 7.60. The summed E-state index contributed by atoms with van der Waals surface area (Å²) < 4.78 is 0. The fourth-order valence-electron chi connectivity index (χ4n) is 4.10. The van der Waals surface area contributed by atoms with Gasteiger partial charge in [0.2, 0.25) is 17.5 Å². The number of likely N-dealkylation sites (N-methyl/N-ethyl adjacent to an activating group) is 1. The molecule has 26 heavy (non-hydrogen) atoms. The van der Waals surface area contributed by atoms with Crippen molar-refractivity contribution in [3.05, 3.63) is 0 Å². The average molecular weight is 370 g/mol. The van der Waals surface area contributed by atoms with Crippen molar-refractivity contribution >= 4 is 5.91 Å². The van der Waals surface area contributed by atoms with Crippen LogP contribution in [0, 0.1) is 5.92 Å². The van der Waals surface area contributed by atoms with E-state index >= 15 is 0 Å². The van der Waals surface area contributed by atoms with Crippen LogP contribution >= 0.6 is 0 Å². The summed E-state index contributed by atoms with van der Waals surface area (Å²) in [5.74, 6) is -1.42. The molecule has 7 nitrogen and oxygen atoms in total. The van der Waals surface area contributed by atoms with Crippen LogP contribution in [0.3, 0.4) is 0 Å². The normalized spacial score (nSPS) is 25.7. The molecule has 7 heteroatoms. The van der Waals surface area contributed by atoms with Gasteiger partial charge in [-0.2, -0.15) is 19.6 Å². The molecule has 0 aromatic carbocycles. The number of nitrogens with zero attached hydrogens (tertiary/aromatic N) is 1. The van der Waals surface area contributed by atoms with E-state index in [1.807, 2.05) is 0 Å². The van der Waals surface area contributed by atoms with E-state index < -0.39 is 11.6 Å². The number of nitrogens with one attached hydrogen (secondary N) is 1. The molecule has 2 aliphatic carbocycles. The van der Waals surface area contributed by atoms with Gasteiger partial charge in [0.15, 0.2) is 0 Å². The van der Waals surface area contributed by atoms with Crippen LogP contribution in [0.4, 0.5) is 0 Å². The van der Waals surface area contributed by atoms with E-state index in [-0.39, 0.29) is 11.8 Å². The molecule has 2 saturated carbocycles. The van der Waals surface area contributed by atoms with E-state index in [0.717, 1.165) is 58.2 Å². The topological polar surface area (TPSA) is 69.3 Å². The van der Waals surface area contributed by atoms with Gasteiger partial charge >= 0.3 is 0 Å². The summed E-state index contributed by atoms with van der Waals surface area (Å²) in [6, 6.07) is 0. The molecule has 0 radical (unpaired) electrons. The van der Waals surface area contributed by atoms with Crippen LogP contribution in [0.2, 0.25) is 0 Å². The number of hydrogen-bond acceptors (Lipinski definition) is 6. The predicted octanol–water partition coefficient (Wildman–Crippen LogP) is 2.90. The zero-order valence-corrected chi connectivity index (χ0v) is 16.3. The Morgan fingerprint density at radius 3 is 2.00 bits per heavy atom. The van der Waals surface area contributed by atoms with Crippen molar-refractivity contribution in [1.82, 2.24) is 10.2 Å². The Labute approximate surface area is 156 Å². The van der Waals surface area contributed by atoms with Gasteiger partial charge < -0.3 is 10.2 Å². The molecule has 1 aliphatic heterocycles. The molecule has 0 atom stereocenters. The standard InChI is InChI=1S/C19H34N2O5/c1-3-21(4-2)15-14-20-17(22)16-8-12-19(13-9-16)25-23-18(24-26-19)10-6-5-7-11-18/h16H,3-15H2,1-2H3,(H,20,22). The molecular formula is C19H34N2O5. The van der Waals surface area contributed by atoms with Crippen molar-refractivity contribution in [2.75, 3.05) is 26.2 Å². The monoisotopic (exact) mass is 370 g/mol. The van der Waals surface area contributed by atoms with Crippen molar-refractivity contribution in [2.24, 2.45) is 5.92 Å². The SMILES string of the molecule is CCN(CC)CCNC(=O)C1CCC2(CC1)OOC1(CCCCC1)OO2. The Morgan fingerprint density at radius 1 is 0.923 bits per heavy atom. The summed E-state index contributed by atoms with van der Waals surface area (Å²) in [6.45, 7) is 7.88. The second kappa shape index (κ2) is 8.97. The van der Waals surface area contributed by atoms with Crippen molar-refractivity contribution in [1.29, 1.82) is 0 Å². The average Bonchev–Trinajstić information content (AvgIpc) is 2.69. The fourth-order valence-corrected chi connectivity index (χ4v) is 4.10. The smallest absolute Gasteiger partial charge is 0.234 e. The molecule has 1 N–H and O–H groups in total. The Balaban J connectivity index is 1.39. The first kappa shape index (κ1) is 20.0. The lowest BCUT2D eigenvalue weighted by Gasteiger charge is -2.46. The molecule has 3 rings (SSSR count). The van der Waals surface area contributed by atoms with E-state index in [1.165, 1.54) is 6.42 Å². The Kier molecular flexibility index (Phi) is 6.91. The lowest BCUT2D eigenvalue weighted by atomic mass is 9.84. The second-order valence-corrected chi connectivity index (χ2v) is 7.81. The molecule has 0 aromatic heterocycles. The number of rotatable bonds is 6. The molecular weight excluding hydrogens is 336 g/mol. The summed E-state index contributed by atoms with van der Waals surface area (Å²) in [5, 5.41) is 3.06. The highest BCUT2D eigenvalue weighted by molar-refractivity contribution is 5.78. The van der Waals surface area contributed by atoms with E-state index in [1.54, 1.807) is 0 Å². The molecule has 0 unspecified atom stereocenters. The maximum Gasteiger partial charge on any atom is 0.234 e. The molecule has 1 heterocycles. The number of carbonyl (C=O) groups excluding carboxylic acids is 1. The van der Waals surface area contributed by atoms with Crippen LogP contribution in [0.1, 0.15) is 71.6 Å². The minimum Gasteiger partial charge on any atom is -0.355 e. The van der Waals surface area contributed by atoms with Crippen LogP contribution in [0.15, 0.2) is 0 Å². The van der Waals surface area contributed by atoms with E-state index in [9.17, 15) is 4.79 Å². The number of carbonyl (C=O) groups is 1. The molecule has 1 saturated heterocycles. The van der Waals surface area contributed by atoms with Crippen molar-refractivity contribution in [2.45, 2.75) is 83.2 Å². The van der Waals surface area contributed by atoms with Gasteiger partial charge in [-0.05, 0) is 38.8 Å². The first-order valence-corrected chi connectivity index (χ1v) is 10.3. The Morgan fingerprint density at radius 2 is 1.46 bits per heavy atom. The minimum absolute atomic E-state index is 0.00935. The van der Waals surface area contributed by atoms with Gasteiger partial charge in [-0.1, -0.05) is 20.3 Å². The first-order valence-electron chi connectivity index (χ1n) is 10.3. The molecule has 0 aromatic rings. The Bertz CT molecular complexity index is 443. The third-order valence-corrected chi connectivity index (χ3v) is 6.05. The summed E-state index contributed by atoms with van der Waals surface area (Å²) in [4.78, 5) is 37.4. The quantitative estimate of drug-likeness (QED) is 0.725. The third kappa shape index (κ3) is 4.75. The molecule has 150 valence electrons. The van der Waals surface area contributed by atoms with E-state index in [2.05, 4.69) is 24.1 Å². The highest BCUT2D eigenvalue weighted by Crippen LogP contribution is 2.44. The van der Waals surface area contributed by atoms with Gasteiger partial charge in [0.1, 0.15) is 0 Å². The van der Waals surface area contributed by atoms with E-state index in [0.29, 0.717) is 19.4 Å². The summed E-state index contributed by atoms with van der Waals surface area (Å²) in [7, 11) is 0. The molecule has 3 fully saturated rings. The van der Waals surface area contributed by atoms with Crippen molar-refractivity contribution in [3.63, 3.8) is 0 Å². The van der Waals surface area contributed by atoms with Gasteiger partial charge in [0.05, 0.1) is 0 Å². The van der Waals surface area contributed by atoms with Gasteiger partial charge in [-0.15, -0.1) is 0 Å². The minimum atomic E-state index is -0.847. The van der Waals surface area contributed by atoms with Gasteiger partial charge in [-0.25, -0.2) is 0 Å². The molecule has 2 spiro atoms. The van der Waals surface area contributed by atoms with Gasteiger partial charge in [0, 0.05) is 44.7 Å².